The van der Waals surface area contributed by atoms with Gasteiger partial charge in [0.1, 0.15) is 0 Å². The van der Waals surface area contributed by atoms with Crippen molar-refractivity contribution in [2.75, 3.05) is 0 Å². The zero-order valence-electron chi connectivity index (χ0n) is 6.60. The van der Waals surface area contributed by atoms with E-state index < -0.39 is 12.2 Å². The molecule has 0 bridgehead atoms. The molecule has 0 radical (unpaired) electrons. The number of aliphatic hydroxyl groups excluding tert-OH is 1. The molecule has 0 unspecified atom stereocenters. The number of hydrogen-bond acceptors (Lipinski definition) is 3. The summed E-state index contributed by atoms with van der Waals surface area (Å²) in [5.41, 5.74) is 0. The van der Waals surface area contributed by atoms with E-state index in [0.29, 0.717) is 6.42 Å². The van der Waals surface area contributed by atoms with Crippen molar-refractivity contribution >= 4 is 18.7 Å². The number of amides is 1. The second-order valence-corrected chi connectivity index (χ2v) is 3.76. The lowest BCUT2D eigenvalue weighted by molar-refractivity contribution is 0.116. The van der Waals surface area contributed by atoms with Gasteiger partial charge in [-0.3, -0.25) is 0 Å². The first kappa shape index (κ1) is 9.67. The molecule has 0 aliphatic heterocycles. The van der Waals surface area contributed by atoms with Crippen molar-refractivity contribution in [2.45, 2.75) is 36.7 Å². The molecule has 1 rings (SSSR count). The largest absolute Gasteiger partial charge is 0.465 e. The van der Waals surface area contributed by atoms with Gasteiger partial charge in [0.25, 0.3) is 0 Å². The van der Waals surface area contributed by atoms with Gasteiger partial charge < -0.3 is 15.5 Å². The van der Waals surface area contributed by atoms with Crippen LogP contribution in [0.2, 0.25) is 0 Å². The lowest BCUT2D eigenvalue weighted by atomic mass is 9.92. The predicted octanol–water partition coefficient (Wildman–Crippen LogP) is 0.466. The monoisotopic (exact) mass is 191 g/mol. The van der Waals surface area contributed by atoms with Crippen LogP contribution >= 0.6 is 12.6 Å². The third-order valence-corrected chi connectivity index (χ3v) is 2.71. The quantitative estimate of drug-likeness (QED) is 0.455. The topological polar surface area (TPSA) is 69.6 Å². The molecule has 1 amide bonds. The normalized spacial score (nSPS) is 36.0. The van der Waals surface area contributed by atoms with E-state index in [1.807, 2.05) is 0 Å². The average molecular weight is 191 g/mol. The van der Waals surface area contributed by atoms with Crippen molar-refractivity contribution in [2.24, 2.45) is 0 Å². The number of carbonyl (C=O) groups is 1. The van der Waals surface area contributed by atoms with Crippen LogP contribution in [-0.2, 0) is 0 Å². The lowest BCUT2D eigenvalue weighted by Gasteiger charge is -2.29. The van der Waals surface area contributed by atoms with Crippen LogP contribution in [0.3, 0.4) is 0 Å². The Bertz CT molecular complexity index is 176. The van der Waals surface area contributed by atoms with Gasteiger partial charge in [0, 0.05) is 11.3 Å². The molecule has 1 aliphatic carbocycles. The minimum absolute atomic E-state index is 0.00292. The fourth-order valence-electron chi connectivity index (χ4n) is 1.44. The first-order valence-corrected chi connectivity index (χ1v) is 4.47. The highest BCUT2D eigenvalue weighted by Crippen LogP contribution is 2.22. The molecule has 0 spiro atoms. The number of aliphatic hydroxyl groups is 1. The maximum absolute atomic E-state index is 10.2. The Kier molecular flexibility index (Phi) is 3.22. The molecule has 0 aromatic rings. The van der Waals surface area contributed by atoms with Crippen molar-refractivity contribution in [3.05, 3.63) is 0 Å². The number of hydrogen-bond donors (Lipinski definition) is 4. The van der Waals surface area contributed by atoms with Crippen LogP contribution in [0.4, 0.5) is 4.79 Å². The fourth-order valence-corrected chi connectivity index (χ4v) is 1.71. The highest BCUT2D eigenvalue weighted by Gasteiger charge is 2.27. The van der Waals surface area contributed by atoms with Gasteiger partial charge in [0.15, 0.2) is 0 Å². The molecule has 5 heteroatoms. The first-order valence-electron chi connectivity index (χ1n) is 3.95. The summed E-state index contributed by atoms with van der Waals surface area (Å²) in [6.45, 7) is 0. The molecule has 3 atom stereocenters. The smallest absolute Gasteiger partial charge is 0.404 e. The zero-order chi connectivity index (χ0) is 9.14. The van der Waals surface area contributed by atoms with E-state index in [1.54, 1.807) is 0 Å². The molecule has 0 aromatic carbocycles. The molecule has 1 saturated carbocycles. The molecule has 12 heavy (non-hydrogen) atoms. The predicted molar refractivity (Wildman–Crippen MR) is 47.6 cm³/mol. The van der Waals surface area contributed by atoms with Crippen LogP contribution in [-0.4, -0.2) is 33.7 Å². The number of thiol groups is 1. The molecule has 1 fully saturated rings. The molecular formula is C7H13NO3S. The van der Waals surface area contributed by atoms with Gasteiger partial charge in [-0.15, -0.1) is 0 Å². The summed E-state index contributed by atoms with van der Waals surface area (Å²) >= 11 is 4.16. The highest BCUT2D eigenvalue weighted by atomic mass is 32.1. The van der Waals surface area contributed by atoms with Gasteiger partial charge in [-0.25, -0.2) is 4.79 Å². The number of carboxylic acid groups (broad SMARTS) is 1. The summed E-state index contributed by atoms with van der Waals surface area (Å²) < 4.78 is 0. The summed E-state index contributed by atoms with van der Waals surface area (Å²) in [7, 11) is 0. The van der Waals surface area contributed by atoms with E-state index in [2.05, 4.69) is 17.9 Å². The van der Waals surface area contributed by atoms with E-state index in [1.165, 1.54) is 0 Å². The van der Waals surface area contributed by atoms with E-state index in [9.17, 15) is 9.90 Å². The minimum Gasteiger partial charge on any atom is -0.465 e. The Balaban J connectivity index is 2.35. The van der Waals surface area contributed by atoms with Crippen LogP contribution in [0.1, 0.15) is 19.3 Å². The van der Waals surface area contributed by atoms with Crippen molar-refractivity contribution in [3.8, 4) is 0 Å². The van der Waals surface area contributed by atoms with Gasteiger partial charge in [-0.05, 0) is 19.3 Å². The van der Waals surface area contributed by atoms with Gasteiger partial charge in [0.05, 0.1) is 6.10 Å². The Morgan fingerprint density at radius 3 is 2.67 bits per heavy atom. The van der Waals surface area contributed by atoms with Crippen molar-refractivity contribution in [1.82, 2.24) is 5.32 Å². The Morgan fingerprint density at radius 1 is 1.50 bits per heavy atom. The molecule has 1 aliphatic rings. The number of rotatable bonds is 1. The van der Waals surface area contributed by atoms with Crippen molar-refractivity contribution in [1.29, 1.82) is 0 Å². The maximum Gasteiger partial charge on any atom is 0.404 e. The van der Waals surface area contributed by atoms with Crippen LogP contribution in [0.5, 0.6) is 0 Å². The highest BCUT2D eigenvalue weighted by molar-refractivity contribution is 7.81. The van der Waals surface area contributed by atoms with E-state index in [4.69, 9.17) is 5.11 Å². The third kappa shape index (κ3) is 2.57. The molecular weight excluding hydrogens is 178 g/mol. The third-order valence-electron chi connectivity index (χ3n) is 2.11. The Labute approximate surface area is 76.4 Å². The number of nitrogens with one attached hydrogen (secondary N) is 1. The minimum atomic E-state index is -1.02. The van der Waals surface area contributed by atoms with Gasteiger partial charge >= 0.3 is 6.09 Å². The Morgan fingerprint density at radius 2 is 2.17 bits per heavy atom. The summed E-state index contributed by atoms with van der Waals surface area (Å²) in [4.78, 5) is 10.2. The lowest BCUT2D eigenvalue weighted by Crippen LogP contribution is -2.42. The summed E-state index contributed by atoms with van der Waals surface area (Å²) in [6.07, 6.45) is 0.483. The molecule has 3 N–H and O–H groups in total. The molecule has 0 aromatic heterocycles. The molecule has 4 nitrogen and oxygen atoms in total. The fraction of sp³-hybridized carbons (Fsp3) is 0.857. The second-order valence-electron chi connectivity index (χ2n) is 3.09. The van der Waals surface area contributed by atoms with Crippen LogP contribution < -0.4 is 5.32 Å². The molecule has 70 valence electrons. The second kappa shape index (κ2) is 4.00. The van der Waals surface area contributed by atoms with Gasteiger partial charge in [0.2, 0.25) is 0 Å². The first-order chi connectivity index (χ1) is 5.59. The summed E-state index contributed by atoms with van der Waals surface area (Å²) in [5, 5.41) is 20.1. The summed E-state index contributed by atoms with van der Waals surface area (Å²) in [6, 6.07) is -0.110. The Hall–Kier alpha value is -0.420. The molecule has 0 saturated heterocycles. The molecule has 0 heterocycles. The van der Waals surface area contributed by atoms with Crippen LogP contribution in [0.15, 0.2) is 0 Å². The van der Waals surface area contributed by atoms with Gasteiger partial charge in [-0.2, -0.15) is 12.6 Å². The van der Waals surface area contributed by atoms with Crippen molar-refractivity contribution in [3.63, 3.8) is 0 Å². The van der Waals surface area contributed by atoms with E-state index in [-0.39, 0.29) is 11.3 Å². The summed E-state index contributed by atoms with van der Waals surface area (Å²) in [5.74, 6) is 0. The SMILES string of the molecule is O=C(O)N[C@@H]1CC[C@@H](S)[C@H](O)C1. The maximum atomic E-state index is 10.2. The van der Waals surface area contributed by atoms with Crippen molar-refractivity contribution < 1.29 is 15.0 Å². The van der Waals surface area contributed by atoms with Crippen LogP contribution in [0.25, 0.3) is 0 Å². The average Bonchev–Trinajstić information content (AvgIpc) is 1.96. The van der Waals surface area contributed by atoms with E-state index >= 15 is 0 Å². The van der Waals surface area contributed by atoms with E-state index in [0.717, 1.165) is 12.8 Å². The van der Waals surface area contributed by atoms with Crippen LogP contribution in [0, 0.1) is 0 Å². The standard InChI is InChI=1S/C7H13NO3S/c9-5-3-4(8-7(10)11)1-2-6(5)12/h4-6,8-9,12H,1-3H2,(H,10,11)/t4-,5-,6-/m1/s1. The zero-order valence-corrected chi connectivity index (χ0v) is 7.50. The van der Waals surface area contributed by atoms with Gasteiger partial charge in [-0.1, -0.05) is 0 Å².